The largest absolute Gasteiger partial charge is 0.303 e. The van der Waals surface area contributed by atoms with Crippen molar-refractivity contribution in [3.05, 3.63) is 0 Å². The van der Waals surface area contributed by atoms with Gasteiger partial charge in [0.25, 0.3) is 0 Å². The van der Waals surface area contributed by atoms with Gasteiger partial charge in [-0.15, -0.1) is 0 Å². The molecule has 224 valence electrons. The van der Waals surface area contributed by atoms with Gasteiger partial charge in [-0.05, 0) is 113 Å². The lowest BCUT2D eigenvalue weighted by Crippen LogP contribution is -2.40. The number of nitrogens with zero attached hydrogens (tertiary/aromatic N) is 2. The SMILES string of the molecule is CCCCCCN(CCCCCC)CC1CC2CC1C1C(CN(CCCCCC)CCCCCC)CCC21. The minimum absolute atomic E-state index is 1.01. The second kappa shape index (κ2) is 19.1. The van der Waals surface area contributed by atoms with E-state index in [1.54, 1.807) is 25.7 Å². The minimum atomic E-state index is 1.01. The van der Waals surface area contributed by atoms with Crippen LogP contribution in [0.1, 0.15) is 156 Å². The van der Waals surface area contributed by atoms with Crippen LogP contribution in [-0.4, -0.2) is 49.1 Å². The number of hydrogen-bond acceptors (Lipinski definition) is 2. The summed E-state index contributed by atoms with van der Waals surface area (Å²) >= 11 is 0. The summed E-state index contributed by atoms with van der Waals surface area (Å²) in [6, 6.07) is 0. The Bertz CT molecular complexity index is 552. The molecule has 2 bridgehead atoms. The fourth-order valence-corrected chi connectivity index (χ4v) is 9.10. The fourth-order valence-electron chi connectivity index (χ4n) is 9.10. The standard InChI is InChI=1S/C36H70N2/c1-5-9-13-17-23-37(24-18-14-10-6-2)29-31-21-22-34-32-27-33(35(28-32)36(31)34)30-38(25-19-15-11-7-3)26-20-16-12-8-4/h31-36H,5-30H2,1-4H3. The molecule has 0 spiro atoms. The Morgan fingerprint density at radius 3 is 1.34 bits per heavy atom. The second-order valence-electron chi connectivity index (χ2n) is 14.1. The molecule has 38 heavy (non-hydrogen) atoms. The van der Waals surface area contributed by atoms with Crippen molar-refractivity contribution in [2.24, 2.45) is 35.5 Å². The Morgan fingerprint density at radius 2 is 0.895 bits per heavy atom. The predicted molar refractivity (Wildman–Crippen MR) is 169 cm³/mol. The monoisotopic (exact) mass is 531 g/mol. The van der Waals surface area contributed by atoms with Gasteiger partial charge in [0.2, 0.25) is 0 Å². The third-order valence-electron chi connectivity index (χ3n) is 11.1. The molecule has 3 aliphatic rings. The number of fused-ring (bicyclic) bond motifs is 5. The van der Waals surface area contributed by atoms with Gasteiger partial charge in [-0.3, -0.25) is 0 Å². The molecule has 0 heterocycles. The zero-order valence-corrected chi connectivity index (χ0v) is 26.7. The highest BCUT2D eigenvalue weighted by atomic mass is 15.1. The molecule has 6 unspecified atom stereocenters. The molecular weight excluding hydrogens is 460 g/mol. The summed E-state index contributed by atoms with van der Waals surface area (Å²) in [5, 5.41) is 0. The molecule has 3 saturated carbocycles. The van der Waals surface area contributed by atoms with Crippen molar-refractivity contribution in [1.29, 1.82) is 0 Å². The van der Waals surface area contributed by atoms with Crippen molar-refractivity contribution >= 4 is 0 Å². The quantitative estimate of drug-likeness (QED) is 0.115. The first-order valence-corrected chi connectivity index (χ1v) is 18.2. The maximum atomic E-state index is 2.95. The Morgan fingerprint density at radius 1 is 0.447 bits per heavy atom. The highest BCUT2D eigenvalue weighted by molar-refractivity contribution is 5.06. The van der Waals surface area contributed by atoms with Gasteiger partial charge in [-0.2, -0.15) is 0 Å². The number of hydrogen-bond donors (Lipinski definition) is 0. The van der Waals surface area contributed by atoms with Crippen molar-refractivity contribution in [1.82, 2.24) is 9.80 Å². The first-order valence-electron chi connectivity index (χ1n) is 18.2. The van der Waals surface area contributed by atoms with E-state index < -0.39 is 0 Å². The van der Waals surface area contributed by atoms with E-state index in [-0.39, 0.29) is 0 Å². The Kier molecular flexibility index (Phi) is 16.3. The average Bonchev–Trinajstić information content (AvgIpc) is 3.62. The maximum Gasteiger partial charge on any atom is 0.00125 e. The molecule has 0 aromatic heterocycles. The van der Waals surface area contributed by atoms with Crippen LogP contribution >= 0.6 is 0 Å². The van der Waals surface area contributed by atoms with Gasteiger partial charge in [0.1, 0.15) is 0 Å². The Hall–Kier alpha value is -0.0800. The van der Waals surface area contributed by atoms with Crippen molar-refractivity contribution in [2.75, 3.05) is 39.3 Å². The van der Waals surface area contributed by atoms with Gasteiger partial charge in [0, 0.05) is 13.1 Å². The lowest BCUT2D eigenvalue weighted by Gasteiger charge is -2.39. The Labute approximate surface area is 240 Å². The van der Waals surface area contributed by atoms with Crippen LogP contribution in [-0.2, 0) is 0 Å². The lowest BCUT2D eigenvalue weighted by atomic mass is 9.72. The van der Waals surface area contributed by atoms with Gasteiger partial charge in [0.15, 0.2) is 0 Å². The van der Waals surface area contributed by atoms with E-state index in [0.717, 1.165) is 35.5 Å². The summed E-state index contributed by atoms with van der Waals surface area (Å²) in [6.45, 7) is 17.8. The van der Waals surface area contributed by atoms with E-state index in [4.69, 9.17) is 0 Å². The van der Waals surface area contributed by atoms with Crippen molar-refractivity contribution in [2.45, 2.75) is 156 Å². The molecular formula is C36H70N2. The molecule has 2 nitrogen and oxygen atoms in total. The van der Waals surface area contributed by atoms with E-state index in [1.807, 2.05) is 0 Å². The summed E-state index contributed by atoms with van der Waals surface area (Å²) in [5.74, 6) is 6.36. The summed E-state index contributed by atoms with van der Waals surface area (Å²) in [4.78, 5) is 5.90. The van der Waals surface area contributed by atoms with E-state index in [1.165, 1.54) is 142 Å². The molecule has 0 aliphatic heterocycles. The van der Waals surface area contributed by atoms with Crippen molar-refractivity contribution in [3.8, 4) is 0 Å². The van der Waals surface area contributed by atoms with E-state index >= 15 is 0 Å². The summed E-state index contributed by atoms with van der Waals surface area (Å²) in [6.07, 6.45) is 29.0. The lowest BCUT2D eigenvalue weighted by molar-refractivity contribution is 0.0943. The normalized spacial score (nSPS) is 28.3. The van der Waals surface area contributed by atoms with Crippen molar-refractivity contribution in [3.63, 3.8) is 0 Å². The van der Waals surface area contributed by atoms with Crippen LogP contribution in [0.15, 0.2) is 0 Å². The van der Waals surface area contributed by atoms with Crippen LogP contribution in [0.5, 0.6) is 0 Å². The highest BCUT2D eigenvalue weighted by Crippen LogP contribution is 2.63. The van der Waals surface area contributed by atoms with E-state index in [9.17, 15) is 0 Å². The topological polar surface area (TPSA) is 6.48 Å². The van der Waals surface area contributed by atoms with E-state index in [2.05, 4.69) is 37.5 Å². The molecule has 0 saturated heterocycles. The van der Waals surface area contributed by atoms with Crippen LogP contribution in [0.25, 0.3) is 0 Å². The second-order valence-corrected chi connectivity index (χ2v) is 14.1. The average molecular weight is 531 g/mol. The number of rotatable bonds is 24. The van der Waals surface area contributed by atoms with Gasteiger partial charge in [-0.1, -0.05) is 105 Å². The minimum Gasteiger partial charge on any atom is -0.303 e. The van der Waals surface area contributed by atoms with Crippen LogP contribution < -0.4 is 0 Å². The molecule has 3 aliphatic carbocycles. The van der Waals surface area contributed by atoms with Gasteiger partial charge >= 0.3 is 0 Å². The molecule has 3 fully saturated rings. The predicted octanol–water partition coefficient (Wildman–Crippen LogP) is 10.2. The Balaban J connectivity index is 1.54. The zero-order valence-electron chi connectivity index (χ0n) is 26.7. The molecule has 0 aromatic carbocycles. The van der Waals surface area contributed by atoms with Gasteiger partial charge < -0.3 is 9.80 Å². The molecule has 0 radical (unpaired) electrons. The molecule has 2 heteroatoms. The summed E-state index contributed by atoms with van der Waals surface area (Å²) in [7, 11) is 0. The van der Waals surface area contributed by atoms with Crippen LogP contribution in [0, 0.1) is 35.5 Å². The first-order chi connectivity index (χ1) is 18.7. The van der Waals surface area contributed by atoms with Crippen LogP contribution in [0.2, 0.25) is 0 Å². The van der Waals surface area contributed by atoms with Gasteiger partial charge in [-0.25, -0.2) is 0 Å². The fraction of sp³-hybridized carbons (Fsp3) is 1.00. The first kappa shape index (κ1) is 32.4. The molecule has 6 atom stereocenters. The third-order valence-corrected chi connectivity index (χ3v) is 11.1. The van der Waals surface area contributed by atoms with Crippen LogP contribution in [0.3, 0.4) is 0 Å². The van der Waals surface area contributed by atoms with Crippen molar-refractivity contribution < 1.29 is 0 Å². The molecule has 3 rings (SSSR count). The summed E-state index contributed by atoms with van der Waals surface area (Å²) < 4.78 is 0. The molecule has 0 aromatic rings. The van der Waals surface area contributed by atoms with Gasteiger partial charge in [0.05, 0.1) is 0 Å². The molecule has 0 amide bonds. The molecule has 0 N–H and O–H groups in total. The third kappa shape index (κ3) is 10.4. The number of unbranched alkanes of at least 4 members (excludes halogenated alkanes) is 12. The van der Waals surface area contributed by atoms with Crippen LogP contribution in [0.4, 0.5) is 0 Å². The van der Waals surface area contributed by atoms with E-state index in [0.29, 0.717) is 0 Å². The smallest absolute Gasteiger partial charge is 0.00125 e. The summed E-state index contributed by atoms with van der Waals surface area (Å²) in [5.41, 5.74) is 0. The highest BCUT2D eigenvalue weighted by Gasteiger charge is 2.57. The zero-order chi connectivity index (χ0) is 27.0. The maximum absolute atomic E-state index is 2.95.